The van der Waals surface area contributed by atoms with E-state index in [0.29, 0.717) is 26.3 Å². The Bertz CT molecular complexity index is 1510. The number of anilines is 2. The molecule has 3 aromatic rings. The molecule has 0 unspecified atom stereocenters. The molecule has 0 saturated carbocycles. The van der Waals surface area contributed by atoms with Gasteiger partial charge in [0.1, 0.15) is 6.04 Å². The van der Waals surface area contributed by atoms with Gasteiger partial charge in [0.15, 0.2) is 5.78 Å². The summed E-state index contributed by atoms with van der Waals surface area (Å²) in [5.41, 5.74) is 1.33. The number of amides is 1. The summed E-state index contributed by atoms with van der Waals surface area (Å²) in [7, 11) is -4.07. The number of benzene rings is 3. The Kier molecular flexibility index (Phi) is 7.82. The highest BCUT2D eigenvalue weighted by Crippen LogP contribution is 2.29. The molecule has 3 N–H and O–H groups in total. The normalized spacial score (nSPS) is 14.8. The molecule has 0 spiro atoms. The van der Waals surface area contributed by atoms with Gasteiger partial charge in [-0.05, 0) is 54.1 Å². The van der Waals surface area contributed by atoms with Gasteiger partial charge in [-0.3, -0.25) is 14.3 Å². The minimum atomic E-state index is -4.07. The van der Waals surface area contributed by atoms with E-state index < -0.39 is 27.8 Å². The van der Waals surface area contributed by atoms with Crippen LogP contribution in [0.4, 0.5) is 11.4 Å². The standard InChI is InChI=1S/C24H17Cl4N3O4S/c25-14-3-7-20(18(27)9-14)29-12-23(32)30-22-6-2-13-1-5-16(11-17(13)24(22)33)36(34,35)31-21-8-4-15(26)10-19(21)28/h1-11,22,29,31H,12H2,(H,30,32)/t22-/m1/s1. The monoisotopic (exact) mass is 583 g/mol. The number of carbonyl (C=O) groups excluding carboxylic acids is 2. The van der Waals surface area contributed by atoms with Crippen LogP contribution in [0.25, 0.3) is 6.08 Å². The molecule has 1 amide bonds. The highest BCUT2D eigenvalue weighted by atomic mass is 35.5. The van der Waals surface area contributed by atoms with Gasteiger partial charge < -0.3 is 10.6 Å². The number of halogens is 4. The van der Waals surface area contributed by atoms with Gasteiger partial charge in [0.2, 0.25) is 5.91 Å². The van der Waals surface area contributed by atoms with E-state index in [1.54, 1.807) is 18.2 Å². The maximum absolute atomic E-state index is 13.1. The molecule has 186 valence electrons. The fourth-order valence-corrected chi connectivity index (χ4v) is 5.53. The molecule has 0 fully saturated rings. The molecule has 4 rings (SSSR count). The third-order valence-electron chi connectivity index (χ3n) is 5.21. The summed E-state index contributed by atoms with van der Waals surface area (Å²) in [5.74, 6) is -0.915. The van der Waals surface area contributed by atoms with E-state index in [2.05, 4.69) is 15.4 Å². The Morgan fingerprint density at radius 1 is 0.861 bits per heavy atom. The Labute approximate surface area is 227 Å². The lowest BCUT2D eigenvalue weighted by molar-refractivity contribution is -0.119. The van der Waals surface area contributed by atoms with E-state index in [1.165, 1.54) is 48.5 Å². The Hall–Kier alpha value is -2.75. The van der Waals surface area contributed by atoms with Crippen molar-refractivity contribution in [2.24, 2.45) is 0 Å². The average Bonchev–Trinajstić information content (AvgIpc) is 2.82. The van der Waals surface area contributed by atoms with Gasteiger partial charge in [0.05, 0.1) is 32.9 Å². The number of rotatable bonds is 7. The molecule has 0 aliphatic heterocycles. The fraction of sp³-hybridized carbons (Fsp3) is 0.0833. The van der Waals surface area contributed by atoms with Gasteiger partial charge in [-0.25, -0.2) is 8.42 Å². The van der Waals surface area contributed by atoms with Crippen LogP contribution < -0.4 is 15.4 Å². The van der Waals surface area contributed by atoms with E-state index in [1.807, 2.05) is 0 Å². The third-order valence-corrected chi connectivity index (χ3v) is 7.67. The van der Waals surface area contributed by atoms with Gasteiger partial charge in [0, 0.05) is 15.6 Å². The number of ketones is 1. The summed E-state index contributed by atoms with van der Waals surface area (Å²) < 4.78 is 28.3. The maximum atomic E-state index is 13.1. The van der Waals surface area contributed by atoms with Crippen molar-refractivity contribution in [3.63, 3.8) is 0 Å². The highest BCUT2D eigenvalue weighted by molar-refractivity contribution is 7.92. The quantitative estimate of drug-likeness (QED) is 0.320. The fourth-order valence-electron chi connectivity index (χ4n) is 3.44. The second-order valence-electron chi connectivity index (χ2n) is 7.72. The molecular formula is C24H17Cl4N3O4S. The van der Waals surface area contributed by atoms with E-state index in [4.69, 9.17) is 46.4 Å². The zero-order chi connectivity index (χ0) is 26.0. The van der Waals surface area contributed by atoms with E-state index in [0.717, 1.165) is 0 Å². The summed E-state index contributed by atoms with van der Waals surface area (Å²) in [4.78, 5) is 25.4. The number of sulfonamides is 1. The van der Waals surface area contributed by atoms with Crippen molar-refractivity contribution in [3.05, 3.63) is 91.9 Å². The van der Waals surface area contributed by atoms with Crippen molar-refractivity contribution in [3.8, 4) is 0 Å². The number of Topliss-reactive ketones (excluding diaryl/α,β-unsaturated/α-hetero) is 1. The second-order valence-corrected chi connectivity index (χ2v) is 11.1. The predicted octanol–water partition coefficient (Wildman–Crippen LogP) is 5.91. The SMILES string of the molecule is O=C(CNc1ccc(Cl)cc1Cl)N[C@@H]1C=Cc2ccc(S(=O)(=O)Nc3ccc(Cl)cc3Cl)cc2C1=O. The molecule has 1 aliphatic carbocycles. The maximum Gasteiger partial charge on any atom is 0.261 e. The van der Waals surface area contributed by atoms with Crippen LogP contribution in [-0.4, -0.2) is 32.7 Å². The molecule has 36 heavy (non-hydrogen) atoms. The Balaban J connectivity index is 1.47. The topological polar surface area (TPSA) is 104 Å². The minimum absolute atomic E-state index is 0.124. The lowest BCUT2D eigenvalue weighted by Gasteiger charge is -2.20. The smallest absolute Gasteiger partial charge is 0.261 e. The molecule has 7 nitrogen and oxygen atoms in total. The summed E-state index contributed by atoms with van der Waals surface area (Å²) >= 11 is 23.9. The first kappa shape index (κ1) is 26.3. The Morgan fingerprint density at radius 2 is 1.50 bits per heavy atom. The number of carbonyl (C=O) groups is 2. The van der Waals surface area contributed by atoms with Crippen LogP contribution in [-0.2, 0) is 14.8 Å². The van der Waals surface area contributed by atoms with Crippen molar-refractivity contribution in [1.82, 2.24) is 5.32 Å². The van der Waals surface area contributed by atoms with Crippen LogP contribution in [0.3, 0.4) is 0 Å². The van der Waals surface area contributed by atoms with Gasteiger partial charge >= 0.3 is 0 Å². The van der Waals surface area contributed by atoms with Crippen LogP contribution in [0.2, 0.25) is 20.1 Å². The molecule has 0 aromatic heterocycles. The van der Waals surface area contributed by atoms with Gasteiger partial charge in [-0.2, -0.15) is 0 Å². The van der Waals surface area contributed by atoms with Crippen LogP contribution in [0.15, 0.2) is 65.6 Å². The molecule has 1 aliphatic rings. The summed E-state index contributed by atoms with van der Waals surface area (Å²) in [6.45, 7) is -0.147. The largest absolute Gasteiger partial charge is 0.375 e. The van der Waals surface area contributed by atoms with Crippen LogP contribution in [0.1, 0.15) is 15.9 Å². The molecule has 0 bridgehead atoms. The number of hydrogen-bond acceptors (Lipinski definition) is 5. The molecule has 1 atom stereocenters. The molecule has 12 heteroatoms. The zero-order valence-electron chi connectivity index (χ0n) is 18.2. The highest BCUT2D eigenvalue weighted by Gasteiger charge is 2.27. The zero-order valence-corrected chi connectivity index (χ0v) is 22.0. The van der Waals surface area contributed by atoms with E-state index in [-0.39, 0.29) is 27.7 Å². The van der Waals surface area contributed by atoms with Crippen LogP contribution in [0.5, 0.6) is 0 Å². The van der Waals surface area contributed by atoms with Crippen molar-refractivity contribution < 1.29 is 18.0 Å². The first-order chi connectivity index (χ1) is 17.0. The third kappa shape index (κ3) is 5.96. The van der Waals surface area contributed by atoms with Crippen LogP contribution >= 0.6 is 46.4 Å². The first-order valence-electron chi connectivity index (χ1n) is 10.4. The van der Waals surface area contributed by atoms with E-state index >= 15 is 0 Å². The van der Waals surface area contributed by atoms with Crippen molar-refractivity contribution in [1.29, 1.82) is 0 Å². The minimum Gasteiger partial charge on any atom is -0.375 e. The Morgan fingerprint density at radius 3 is 2.14 bits per heavy atom. The molecule has 0 saturated heterocycles. The van der Waals surface area contributed by atoms with Crippen molar-refractivity contribution in [2.45, 2.75) is 10.9 Å². The van der Waals surface area contributed by atoms with Crippen molar-refractivity contribution >= 4 is 85.6 Å². The van der Waals surface area contributed by atoms with Crippen molar-refractivity contribution in [2.75, 3.05) is 16.6 Å². The predicted molar refractivity (Wildman–Crippen MR) is 144 cm³/mol. The van der Waals surface area contributed by atoms with Gasteiger partial charge in [-0.1, -0.05) is 64.6 Å². The van der Waals surface area contributed by atoms with Crippen LogP contribution in [0, 0.1) is 0 Å². The average molecular weight is 585 g/mol. The molecular weight excluding hydrogens is 568 g/mol. The number of hydrogen-bond donors (Lipinski definition) is 3. The molecule has 0 radical (unpaired) electrons. The van der Waals surface area contributed by atoms with Gasteiger partial charge in [-0.15, -0.1) is 0 Å². The van der Waals surface area contributed by atoms with Gasteiger partial charge in [0.25, 0.3) is 10.0 Å². The molecule has 0 heterocycles. The number of nitrogens with one attached hydrogen (secondary N) is 3. The lowest BCUT2D eigenvalue weighted by atomic mass is 9.93. The molecule has 3 aromatic carbocycles. The number of fused-ring (bicyclic) bond motifs is 1. The van der Waals surface area contributed by atoms with E-state index in [9.17, 15) is 18.0 Å². The lowest BCUT2D eigenvalue weighted by Crippen LogP contribution is -2.43. The summed E-state index contributed by atoms with van der Waals surface area (Å²) in [5, 5.41) is 6.78. The summed E-state index contributed by atoms with van der Waals surface area (Å²) in [6.07, 6.45) is 3.18. The first-order valence-corrected chi connectivity index (χ1v) is 13.4. The second kappa shape index (κ2) is 10.7. The summed E-state index contributed by atoms with van der Waals surface area (Å²) in [6, 6.07) is 12.3.